The average Bonchev–Trinajstić information content (AvgIpc) is 2.41. The smallest absolute Gasteiger partial charge is 0.309 e. The Kier molecular flexibility index (Phi) is 5.02. The van der Waals surface area contributed by atoms with Crippen molar-refractivity contribution in [3.63, 3.8) is 0 Å². The van der Waals surface area contributed by atoms with E-state index in [4.69, 9.17) is 0 Å². The van der Waals surface area contributed by atoms with E-state index in [0.29, 0.717) is 0 Å². The molecule has 2 rings (SSSR count). The lowest BCUT2D eigenvalue weighted by Gasteiger charge is -2.25. The molecule has 0 saturated heterocycles. The Morgan fingerprint density at radius 1 is 0.611 bits per heavy atom. The fraction of sp³-hybridized carbons (Fsp3) is 0.857. The Morgan fingerprint density at radius 3 is 1.28 bits per heavy atom. The van der Waals surface area contributed by atoms with Crippen molar-refractivity contribution < 1.29 is 9.59 Å². The number of hydrogen-bond acceptors (Lipinski definition) is 2. The first-order valence-electron chi connectivity index (χ1n) is 7.37. The highest BCUT2D eigenvalue weighted by atomic mass is 16.2. The monoisotopic (exact) mass is 252 g/mol. The van der Waals surface area contributed by atoms with Gasteiger partial charge in [-0.15, -0.1) is 0 Å². The molecule has 0 heterocycles. The molecule has 0 bridgehead atoms. The molecule has 0 radical (unpaired) electrons. The average molecular weight is 252 g/mol. The second-order valence-electron chi connectivity index (χ2n) is 5.62. The van der Waals surface area contributed by atoms with E-state index in [9.17, 15) is 9.59 Å². The normalized spacial score (nSPS) is 22.4. The van der Waals surface area contributed by atoms with Crippen molar-refractivity contribution in [1.82, 2.24) is 10.6 Å². The topological polar surface area (TPSA) is 58.2 Å². The molecule has 0 spiro atoms. The van der Waals surface area contributed by atoms with E-state index in [1.807, 2.05) is 0 Å². The maximum absolute atomic E-state index is 11.8. The van der Waals surface area contributed by atoms with Crippen LogP contribution in [0, 0.1) is 0 Å². The van der Waals surface area contributed by atoms with Crippen molar-refractivity contribution in [2.24, 2.45) is 0 Å². The quantitative estimate of drug-likeness (QED) is 0.737. The van der Waals surface area contributed by atoms with Gasteiger partial charge in [-0.1, -0.05) is 38.5 Å². The fourth-order valence-corrected chi connectivity index (χ4v) is 3.00. The summed E-state index contributed by atoms with van der Waals surface area (Å²) in [5.74, 6) is -0.875. The molecule has 18 heavy (non-hydrogen) atoms. The van der Waals surface area contributed by atoms with Crippen LogP contribution in [0.3, 0.4) is 0 Å². The van der Waals surface area contributed by atoms with Crippen molar-refractivity contribution in [1.29, 1.82) is 0 Å². The van der Waals surface area contributed by atoms with E-state index in [-0.39, 0.29) is 12.1 Å². The first kappa shape index (κ1) is 13.4. The van der Waals surface area contributed by atoms with Gasteiger partial charge in [-0.25, -0.2) is 0 Å². The molecule has 2 aliphatic rings. The van der Waals surface area contributed by atoms with Gasteiger partial charge in [-0.05, 0) is 25.7 Å². The third-order valence-corrected chi connectivity index (χ3v) is 4.09. The zero-order valence-corrected chi connectivity index (χ0v) is 11.0. The minimum atomic E-state index is -0.438. The maximum atomic E-state index is 11.8. The molecule has 2 N–H and O–H groups in total. The summed E-state index contributed by atoms with van der Waals surface area (Å²) >= 11 is 0. The predicted octanol–water partition coefficient (Wildman–Crippen LogP) is 1.88. The van der Waals surface area contributed by atoms with Crippen LogP contribution in [0.5, 0.6) is 0 Å². The van der Waals surface area contributed by atoms with Crippen molar-refractivity contribution in [3.05, 3.63) is 0 Å². The van der Waals surface area contributed by atoms with Crippen LogP contribution in [0.25, 0.3) is 0 Å². The Bertz CT molecular complexity index is 262. The molecule has 4 heteroatoms. The Labute approximate surface area is 109 Å². The van der Waals surface area contributed by atoms with Crippen LogP contribution in [-0.2, 0) is 9.59 Å². The van der Waals surface area contributed by atoms with E-state index in [1.54, 1.807) is 0 Å². The molecule has 102 valence electrons. The van der Waals surface area contributed by atoms with Gasteiger partial charge in [0.1, 0.15) is 0 Å². The van der Waals surface area contributed by atoms with Crippen molar-refractivity contribution >= 4 is 11.8 Å². The highest BCUT2D eigenvalue weighted by Gasteiger charge is 2.23. The third kappa shape index (κ3) is 4.00. The molecule has 0 atom stereocenters. The molecule has 2 aliphatic carbocycles. The number of nitrogens with one attached hydrogen (secondary N) is 2. The van der Waals surface area contributed by atoms with Crippen LogP contribution >= 0.6 is 0 Å². The van der Waals surface area contributed by atoms with Gasteiger partial charge in [-0.2, -0.15) is 0 Å². The minimum absolute atomic E-state index is 0.211. The van der Waals surface area contributed by atoms with E-state index in [1.165, 1.54) is 12.8 Å². The summed E-state index contributed by atoms with van der Waals surface area (Å²) in [6.45, 7) is 0. The molecule has 0 unspecified atom stereocenters. The van der Waals surface area contributed by atoms with Gasteiger partial charge in [0.15, 0.2) is 0 Å². The van der Waals surface area contributed by atoms with Gasteiger partial charge in [-0.3, -0.25) is 9.59 Å². The van der Waals surface area contributed by atoms with Gasteiger partial charge in [0, 0.05) is 12.1 Å². The molecule has 0 aromatic heterocycles. The van der Waals surface area contributed by atoms with Crippen LogP contribution in [0.4, 0.5) is 0 Å². The lowest BCUT2D eigenvalue weighted by atomic mass is 9.95. The van der Waals surface area contributed by atoms with Crippen LogP contribution < -0.4 is 10.6 Å². The highest BCUT2D eigenvalue weighted by Crippen LogP contribution is 2.18. The van der Waals surface area contributed by atoms with E-state index < -0.39 is 11.8 Å². The fourth-order valence-electron chi connectivity index (χ4n) is 3.00. The van der Waals surface area contributed by atoms with Crippen LogP contribution in [-0.4, -0.2) is 23.9 Å². The molecule has 4 nitrogen and oxygen atoms in total. The molecule has 2 fully saturated rings. The van der Waals surface area contributed by atoms with Gasteiger partial charge < -0.3 is 10.6 Å². The van der Waals surface area contributed by atoms with Gasteiger partial charge in [0.2, 0.25) is 0 Å². The highest BCUT2D eigenvalue weighted by molar-refractivity contribution is 6.35. The summed E-state index contributed by atoms with van der Waals surface area (Å²) in [4.78, 5) is 23.5. The maximum Gasteiger partial charge on any atom is 0.309 e. The summed E-state index contributed by atoms with van der Waals surface area (Å²) in [6, 6.07) is 0.423. The van der Waals surface area contributed by atoms with Crippen molar-refractivity contribution in [2.75, 3.05) is 0 Å². The minimum Gasteiger partial charge on any atom is -0.345 e. The Balaban J connectivity index is 1.71. The zero-order valence-electron chi connectivity index (χ0n) is 11.0. The SMILES string of the molecule is O=C(NC1CCCCC1)C(=O)NC1CCCCC1. The van der Waals surface area contributed by atoms with E-state index in [2.05, 4.69) is 10.6 Å². The lowest BCUT2D eigenvalue weighted by molar-refractivity contribution is -0.140. The van der Waals surface area contributed by atoms with Crippen LogP contribution in [0.1, 0.15) is 64.2 Å². The number of rotatable bonds is 2. The lowest BCUT2D eigenvalue weighted by Crippen LogP contribution is -2.48. The molecule has 0 aromatic rings. The van der Waals surface area contributed by atoms with Gasteiger partial charge in [0.25, 0.3) is 0 Å². The third-order valence-electron chi connectivity index (χ3n) is 4.09. The molecular formula is C14H24N2O2. The van der Waals surface area contributed by atoms with Crippen molar-refractivity contribution in [3.8, 4) is 0 Å². The van der Waals surface area contributed by atoms with E-state index >= 15 is 0 Å². The second kappa shape index (κ2) is 6.76. The Morgan fingerprint density at radius 2 is 0.944 bits per heavy atom. The number of amides is 2. The largest absolute Gasteiger partial charge is 0.345 e. The standard InChI is InChI=1S/C14H24N2O2/c17-13(15-11-7-3-1-4-8-11)14(18)16-12-9-5-2-6-10-12/h11-12H,1-10H2,(H,15,17)(H,16,18). The van der Waals surface area contributed by atoms with Crippen LogP contribution in [0.2, 0.25) is 0 Å². The molecule has 0 aliphatic heterocycles. The number of carbonyl (C=O) groups is 2. The molecule has 2 saturated carbocycles. The second-order valence-corrected chi connectivity index (χ2v) is 5.62. The van der Waals surface area contributed by atoms with Crippen molar-refractivity contribution in [2.45, 2.75) is 76.3 Å². The number of hydrogen-bond donors (Lipinski definition) is 2. The number of carbonyl (C=O) groups excluding carboxylic acids is 2. The molecule has 0 aromatic carbocycles. The molecular weight excluding hydrogens is 228 g/mol. The summed E-state index contributed by atoms with van der Waals surface area (Å²) in [5.41, 5.74) is 0. The van der Waals surface area contributed by atoms with Crippen LogP contribution in [0.15, 0.2) is 0 Å². The van der Waals surface area contributed by atoms with Gasteiger partial charge >= 0.3 is 11.8 Å². The molecule has 2 amide bonds. The predicted molar refractivity (Wildman–Crippen MR) is 70.0 cm³/mol. The van der Waals surface area contributed by atoms with E-state index in [0.717, 1.165) is 51.4 Å². The first-order chi connectivity index (χ1) is 8.75. The van der Waals surface area contributed by atoms with Gasteiger partial charge in [0.05, 0.1) is 0 Å². The summed E-state index contributed by atoms with van der Waals surface area (Å²) in [6.07, 6.45) is 11.2. The summed E-state index contributed by atoms with van der Waals surface area (Å²) in [7, 11) is 0. The zero-order chi connectivity index (χ0) is 12.8. The Hall–Kier alpha value is -1.06. The summed E-state index contributed by atoms with van der Waals surface area (Å²) < 4.78 is 0. The first-order valence-corrected chi connectivity index (χ1v) is 7.37. The summed E-state index contributed by atoms with van der Waals surface area (Å²) in [5, 5.41) is 5.71.